The van der Waals surface area contributed by atoms with Crippen LogP contribution in [-0.4, -0.2) is 21.5 Å². The lowest BCUT2D eigenvalue weighted by Crippen LogP contribution is -1.81. The monoisotopic (exact) mass is 184 g/mol. The first-order valence-corrected chi connectivity index (χ1v) is 3.62. The molecule has 1 rings (SSSR count). The molecule has 4 nitrogen and oxygen atoms in total. The van der Waals surface area contributed by atoms with E-state index in [1.54, 1.807) is 6.07 Å². The predicted octanol–water partition coefficient (Wildman–Crippen LogP) is 2.23. The number of aromatic hydroxyl groups is 1. The van der Waals surface area contributed by atoms with Gasteiger partial charge in [0.1, 0.15) is 5.75 Å². The zero-order chi connectivity index (χ0) is 10.4. The van der Waals surface area contributed by atoms with Crippen molar-refractivity contribution in [2.75, 3.05) is 0 Å². The van der Waals surface area contributed by atoms with Crippen molar-refractivity contribution in [3.63, 3.8) is 0 Å². The van der Waals surface area contributed by atoms with Crippen LogP contribution in [0.2, 0.25) is 0 Å². The number of carboxylic acid groups (broad SMARTS) is 2. The van der Waals surface area contributed by atoms with Crippen LogP contribution in [0, 0.1) is 13.8 Å². The Hall–Kier alpha value is -1.71. The van der Waals surface area contributed by atoms with Crippen LogP contribution < -0.4 is 0 Å². The Labute approximate surface area is 76.1 Å². The lowest BCUT2D eigenvalue weighted by molar-refractivity contribution is 0.137. The van der Waals surface area contributed by atoms with Crippen molar-refractivity contribution in [2.45, 2.75) is 13.8 Å². The van der Waals surface area contributed by atoms with Crippen molar-refractivity contribution >= 4 is 6.16 Å². The van der Waals surface area contributed by atoms with Gasteiger partial charge in [0.15, 0.2) is 0 Å². The summed E-state index contributed by atoms with van der Waals surface area (Å²) >= 11 is 0. The number of aryl methyl sites for hydroxylation is 1. The lowest BCUT2D eigenvalue weighted by Gasteiger charge is -1.99. The molecule has 0 aliphatic carbocycles. The number of phenols is 1. The number of rotatable bonds is 0. The molecular formula is C9H12O4. The quantitative estimate of drug-likeness (QED) is 0.577. The van der Waals surface area contributed by atoms with E-state index in [1.165, 1.54) is 0 Å². The highest BCUT2D eigenvalue weighted by molar-refractivity contribution is 5.53. The SMILES string of the molecule is Cc1cccc(O)c1C.O=C(O)O. The maximum absolute atomic E-state index is 9.10. The van der Waals surface area contributed by atoms with Crippen molar-refractivity contribution in [1.82, 2.24) is 0 Å². The van der Waals surface area contributed by atoms with Gasteiger partial charge in [0.25, 0.3) is 0 Å². The van der Waals surface area contributed by atoms with Crippen molar-refractivity contribution in [1.29, 1.82) is 0 Å². The molecule has 0 aliphatic heterocycles. The molecule has 0 aromatic heterocycles. The van der Waals surface area contributed by atoms with E-state index in [-0.39, 0.29) is 0 Å². The van der Waals surface area contributed by atoms with Gasteiger partial charge in [-0.2, -0.15) is 0 Å². The van der Waals surface area contributed by atoms with Gasteiger partial charge in [-0.15, -0.1) is 0 Å². The predicted molar refractivity (Wildman–Crippen MR) is 48.2 cm³/mol. The van der Waals surface area contributed by atoms with Gasteiger partial charge in [-0.25, -0.2) is 4.79 Å². The summed E-state index contributed by atoms with van der Waals surface area (Å²) < 4.78 is 0. The van der Waals surface area contributed by atoms with Gasteiger partial charge >= 0.3 is 6.16 Å². The van der Waals surface area contributed by atoms with Crippen molar-refractivity contribution < 1.29 is 20.1 Å². The van der Waals surface area contributed by atoms with E-state index in [0.29, 0.717) is 5.75 Å². The second-order valence-corrected chi connectivity index (χ2v) is 2.50. The van der Waals surface area contributed by atoms with Crippen molar-refractivity contribution in [3.05, 3.63) is 29.3 Å². The zero-order valence-corrected chi connectivity index (χ0v) is 7.48. The molecule has 0 unspecified atom stereocenters. The summed E-state index contributed by atoms with van der Waals surface area (Å²) in [6, 6.07) is 5.52. The van der Waals surface area contributed by atoms with Gasteiger partial charge in [-0.05, 0) is 31.0 Å². The molecule has 72 valence electrons. The van der Waals surface area contributed by atoms with Crippen LogP contribution in [0.25, 0.3) is 0 Å². The standard InChI is InChI=1S/C8H10O.CH2O3/c1-6-4-3-5-8(9)7(6)2;2-1(3)4/h3-5,9H,1-2H3;(H2,2,3,4). The maximum atomic E-state index is 9.10. The maximum Gasteiger partial charge on any atom is 0.503 e. The molecule has 13 heavy (non-hydrogen) atoms. The van der Waals surface area contributed by atoms with Crippen LogP contribution >= 0.6 is 0 Å². The minimum atomic E-state index is -1.83. The Morgan fingerprint density at radius 3 is 2.00 bits per heavy atom. The van der Waals surface area contributed by atoms with E-state index in [4.69, 9.17) is 20.1 Å². The molecule has 4 heteroatoms. The second-order valence-electron chi connectivity index (χ2n) is 2.50. The fourth-order valence-electron chi connectivity index (χ4n) is 0.736. The van der Waals surface area contributed by atoms with E-state index in [1.807, 2.05) is 26.0 Å². The van der Waals surface area contributed by atoms with E-state index in [2.05, 4.69) is 0 Å². The average molecular weight is 184 g/mol. The minimum Gasteiger partial charge on any atom is -0.508 e. The highest BCUT2D eigenvalue weighted by Gasteiger charge is 1.94. The van der Waals surface area contributed by atoms with Crippen LogP contribution in [0.5, 0.6) is 5.75 Å². The summed E-state index contributed by atoms with van der Waals surface area (Å²) in [5.41, 5.74) is 2.10. The third kappa shape index (κ3) is 4.68. The lowest BCUT2D eigenvalue weighted by atomic mass is 10.1. The molecule has 1 aromatic carbocycles. The summed E-state index contributed by atoms with van der Waals surface area (Å²) in [6.07, 6.45) is -1.83. The van der Waals surface area contributed by atoms with Crippen LogP contribution in [0.1, 0.15) is 11.1 Å². The van der Waals surface area contributed by atoms with E-state index < -0.39 is 6.16 Å². The number of phenolic OH excluding ortho intramolecular Hbond substituents is 1. The second kappa shape index (κ2) is 5.03. The first kappa shape index (κ1) is 11.3. The molecule has 0 saturated heterocycles. The van der Waals surface area contributed by atoms with E-state index in [0.717, 1.165) is 11.1 Å². The van der Waals surface area contributed by atoms with Gasteiger partial charge in [0.05, 0.1) is 0 Å². The fourth-order valence-corrected chi connectivity index (χ4v) is 0.736. The summed E-state index contributed by atoms with van der Waals surface area (Å²) in [5.74, 6) is 0.384. The third-order valence-corrected chi connectivity index (χ3v) is 1.58. The van der Waals surface area contributed by atoms with Gasteiger partial charge < -0.3 is 15.3 Å². The number of carbonyl (C=O) groups is 1. The molecular weight excluding hydrogens is 172 g/mol. The number of benzene rings is 1. The Morgan fingerprint density at radius 1 is 1.23 bits per heavy atom. The zero-order valence-electron chi connectivity index (χ0n) is 7.48. The Kier molecular flexibility index (Phi) is 4.37. The van der Waals surface area contributed by atoms with Crippen LogP contribution in [0.15, 0.2) is 18.2 Å². The molecule has 0 aliphatic rings. The molecule has 0 bridgehead atoms. The summed E-state index contributed by atoms with van der Waals surface area (Å²) in [4.78, 5) is 8.56. The number of hydrogen-bond donors (Lipinski definition) is 3. The average Bonchev–Trinajstić information content (AvgIpc) is 1.99. The molecule has 3 N–H and O–H groups in total. The van der Waals surface area contributed by atoms with Gasteiger partial charge in [-0.3, -0.25) is 0 Å². The Bertz CT molecular complexity index is 269. The van der Waals surface area contributed by atoms with Crippen LogP contribution in [0.4, 0.5) is 4.79 Å². The van der Waals surface area contributed by atoms with Crippen molar-refractivity contribution in [3.8, 4) is 5.75 Å². The van der Waals surface area contributed by atoms with E-state index >= 15 is 0 Å². The molecule has 0 spiro atoms. The highest BCUT2D eigenvalue weighted by atomic mass is 16.6. The summed E-state index contributed by atoms with van der Waals surface area (Å²) in [5, 5.41) is 23.0. The van der Waals surface area contributed by atoms with Gasteiger partial charge in [0, 0.05) is 0 Å². The van der Waals surface area contributed by atoms with Crippen LogP contribution in [-0.2, 0) is 0 Å². The minimum absolute atomic E-state index is 0.384. The first-order valence-electron chi connectivity index (χ1n) is 3.62. The third-order valence-electron chi connectivity index (χ3n) is 1.58. The van der Waals surface area contributed by atoms with Gasteiger partial charge in [0.2, 0.25) is 0 Å². The molecule has 0 radical (unpaired) electrons. The van der Waals surface area contributed by atoms with E-state index in [9.17, 15) is 0 Å². The molecule has 0 fully saturated rings. The largest absolute Gasteiger partial charge is 0.508 e. The first-order chi connectivity index (χ1) is 5.95. The smallest absolute Gasteiger partial charge is 0.503 e. The van der Waals surface area contributed by atoms with Crippen LogP contribution in [0.3, 0.4) is 0 Å². The topological polar surface area (TPSA) is 77.8 Å². The molecule has 0 atom stereocenters. The molecule has 1 aromatic rings. The summed E-state index contributed by atoms with van der Waals surface area (Å²) in [7, 11) is 0. The Morgan fingerprint density at radius 2 is 1.69 bits per heavy atom. The molecule has 0 saturated carbocycles. The highest BCUT2D eigenvalue weighted by Crippen LogP contribution is 2.17. The normalized spacial score (nSPS) is 8.46. The molecule has 0 amide bonds. The van der Waals surface area contributed by atoms with Crippen molar-refractivity contribution in [2.24, 2.45) is 0 Å². The fraction of sp³-hybridized carbons (Fsp3) is 0.222. The number of hydrogen-bond acceptors (Lipinski definition) is 2. The molecule has 0 heterocycles. The summed E-state index contributed by atoms with van der Waals surface area (Å²) in [6.45, 7) is 3.89. The van der Waals surface area contributed by atoms with Gasteiger partial charge in [-0.1, -0.05) is 12.1 Å². The Balaban J connectivity index is 0.000000310.